The number of piperidine rings is 1. The first kappa shape index (κ1) is 20.4. The van der Waals surface area contributed by atoms with Gasteiger partial charge in [0.1, 0.15) is 5.75 Å². The second-order valence-corrected chi connectivity index (χ2v) is 7.88. The van der Waals surface area contributed by atoms with Gasteiger partial charge in [0.05, 0.1) is 10.7 Å². The molecular weight excluding hydrogens is 398 g/mol. The third-order valence-corrected chi connectivity index (χ3v) is 5.54. The van der Waals surface area contributed by atoms with Gasteiger partial charge in [0.15, 0.2) is 0 Å². The van der Waals surface area contributed by atoms with Gasteiger partial charge in [-0.05, 0) is 68.2 Å². The van der Waals surface area contributed by atoms with E-state index in [1.807, 2.05) is 12.1 Å². The van der Waals surface area contributed by atoms with Crippen molar-refractivity contribution < 1.29 is 5.11 Å². The Kier molecular flexibility index (Phi) is 6.67. The summed E-state index contributed by atoms with van der Waals surface area (Å²) in [6, 6.07) is 16.1. The Hall–Kier alpha value is -2.83. The highest BCUT2D eigenvalue weighted by Gasteiger charge is 2.13. The Bertz CT molecular complexity index is 991. The fraction of sp³-hybridized carbons (Fsp3) is 0.304. The Morgan fingerprint density at radius 1 is 1.10 bits per heavy atom. The molecule has 0 unspecified atom stereocenters. The molecule has 1 aromatic heterocycles. The van der Waals surface area contributed by atoms with Gasteiger partial charge in [0.25, 0.3) is 0 Å². The zero-order valence-electron chi connectivity index (χ0n) is 16.7. The molecule has 3 aromatic rings. The van der Waals surface area contributed by atoms with E-state index in [1.54, 1.807) is 18.3 Å². The van der Waals surface area contributed by atoms with E-state index in [0.29, 0.717) is 23.6 Å². The maximum absolute atomic E-state index is 9.52. The van der Waals surface area contributed by atoms with E-state index in [2.05, 4.69) is 50.2 Å². The maximum atomic E-state index is 9.52. The molecule has 0 amide bonds. The number of rotatable bonds is 7. The number of phenolic OH excluding ortho intramolecular Hbond substituents is 1. The summed E-state index contributed by atoms with van der Waals surface area (Å²) in [7, 11) is 0. The molecule has 0 aliphatic carbocycles. The largest absolute Gasteiger partial charge is 0.506 e. The second kappa shape index (κ2) is 9.78. The van der Waals surface area contributed by atoms with Crippen LogP contribution in [-0.4, -0.2) is 40.8 Å². The molecule has 1 aliphatic heterocycles. The van der Waals surface area contributed by atoms with Gasteiger partial charge in [0, 0.05) is 30.0 Å². The van der Waals surface area contributed by atoms with Crippen molar-refractivity contribution in [2.24, 2.45) is 0 Å². The van der Waals surface area contributed by atoms with Gasteiger partial charge >= 0.3 is 0 Å². The van der Waals surface area contributed by atoms with E-state index in [0.717, 1.165) is 54.9 Å². The molecule has 2 aromatic carbocycles. The Labute approximate surface area is 181 Å². The van der Waals surface area contributed by atoms with Crippen LogP contribution in [0.4, 0.5) is 11.6 Å². The van der Waals surface area contributed by atoms with Crippen LogP contribution >= 0.6 is 11.6 Å². The summed E-state index contributed by atoms with van der Waals surface area (Å²) in [5.41, 5.74) is 4.11. The quantitative estimate of drug-likeness (QED) is 0.453. The molecule has 1 saturated heterocycles. The fourth-order valence-corrected chi connectivity index (χ4v) is 3.80. The molecule has 4 rings (SSSR count). The first-order valence-corrected chi connectivity index (χ1v) is 10.7. The molecule has 30 heavy (non-hydrogen) atoms. The van der Waals surface area contributed by atoms with E-state index in [9.17, 15) is 5.11 Å². The summed E-state index contributed by atoms with van der Waals surface area (Å²) >= 11 is 5.97. The summed E-state index contributed by atoms with van der Waals surface area (Å²) in [4.78, 5) is 9.00. The average Bonchev–Trinajstić information content (AvgIpc) is 2.77. The smallest absolute Gasteiger partial charge is 0.223 e. The van der Waals surface area contributed by atoms with Crippen LogP contribution in [-0.2, 0) is 6.42 Å². The van der Waals surface area contributed by atoms with Crippen LogP contribution in [0, 0.1) is 0 Å². The molecule has 2 heterocycles. The molecule has 7 heteroatoms. The van der Waals surface area contributed by atoms with Crippen molar-refractivity contribution in [3.05, 3.63) is 65.3 Å². The molecule has 156 valence electrons. The van der Waals surface area contributed by atoms with Gasteiger partial charge in [-0.3, -0.25) is 0 Å². The lowest BCUT2D eigenvalue weighted by Crippen LogP contribution is -2.35. The highest BCUT2D eigenvalue weighted by molar-refractivity contribution is 6.32. The number of anilines is 2. The average molecular weight is 424 g/mol. The van der Waals surface area contributed by atoms with Crippen LogP contribution < -0.4 is 16.0 Å². The molecule has 0 saturated carbocycles. The third-order valence-electron chi connectivity index (χ3n) is 5.23. The van der Waals surface area contributed by atoms with Gasteiger partial charge in [-0.15, -0.1) is 0 Å². The first-order valence-electron chi connectivity index (χ1n) is 10.3. The lowest BCUT2D eigenvalue weighted by Gasteiger charge is -2.24. The lowest BCUT2D eigenvalue weighted by atomic mass is 10.1. The minimum absolute atomic E-state index is 0.0984. The van der Waals surface area contributed by atoms with E-state index >= 15 is 0 Å². The number of nitrogens with one attached hydrogen (secondary N) is 3. The number of phenols is 1. The minimum Gasteiger partial charge on any atom is -0.506 e. The van der Waals surface area contributed by atoms with Gasteiger partial charge in [-0.25, -0.2) is 9.97 Å². The number of hydrogen-bond acceptors (Lipinski definition) is 6. The predicted octanol–water partition coefficient (Wildman–Crippen LogP) is 4.32. The number of halogens is 1. The monoisotopic (exact) mass is 423 g/mol. The molecule has 0 spiro atoms. The van der Waals surface area contributed by atoms with Crippen LogP contribution in [0.25, 0.3) is 11.3 Å². The van der Waals surface area contributed by atoms with Crippen molar-refractivity contribution in [1.29, 1.82) is 0 Å². The van der Waals surface area contributed by atoms with Crippen molar-refractivity contribution >= 4 is 23.2 Å². The normalized spacial score (nSPS) is 14.4. The fourth-order valence-electron chi connectivity index (χ4n) is 3.60. The summed E-state index contributed by atoms with van der Waals surface area (Å²) in [5, 5.41) is 20.2. The van der Waals surface area contributed by atoms with Gasteiger partial charge in [-0.2, -0.15) is 0 Å². The van der Waals surface area contributed by atoms with Crippen molar-refractivity contribution in [3.8, 4) is 17.0 Å². The first-order chi connectivity index (χ1) is 14.7. The SMILES string of the molecule is Oc1ccc(CCNc2nccc(-c3cccc(NC4CCNCC4)c3)n2)cc1Cl. The molecule has 0 bridgehead atoms. The topological polar surface area (TPSA) is 82.1 Å². The van der Waals surface area contributed by atoms with Gasteiger partial charge < -0.3 is 21.1 Å². The van der Waals surface area contributed by atoms with Crippen molar-refractivity contribution in [3.63, 3.8) is 0 Å². The maximum Gasteiger partial charge on any atom is 0.223 e. The van der Waals surface area contributed by atoms with Crippen molar-refractivity contribution in [1.82, 2.24) is 15.3 Å². The van der Waals surface area contributed by atoms with E-state index in [1.165, 1.54) is 0 Å². The number of aromatic hydroxyl groups is 1. The van der Waals surface area contributed by atoms with Crippen LogP contribution in [0.3, 0.4) is 0 Å². The molecule has 0 atom stereocenters. The standard InChI is InChI=1S/C23H26ClN5O/c24-20-14-16(4-5-22(20)30)6-12-26-23-27-13-9-21(29-23)17-2-1-3-19(15-17)28-18-7-10-25-11-8-18/h1-5,9,13-15,18,25,28,30H,6-8,10-12H2,(H,26,27,29). The van der Waals surface area contributed by atoms with Crippen molar-refractivity contribution in [2.75, 3.05) is 30.3 Å². The second-order valence-electron chi connectivity index (χ2n) is 7.48. The van der Waals surface area contributed by atoms with Crippen LogP contribution in [0.2, 0.25) is 5.02 Å². The van der Waals surface area contributed by atoms with Crippen LogP contribution in [0.5, 0.6) is 5.75 Å². The number of nitrogens with zero attached hydrogens (tertiary/aromatic N) is 2. The predicted molar refractivity (Wildman–Crippen MR) is 122 cm³/mol. The van der Waals surface area contributed by atoms with Crippen molar-refractivity contribution in [2.45, 2.75) is 25.3 Å². The molecule has 1 aliphatic rings. The third kappa shape index (κ3) is 5.40. The van der Waals surface area contributed by atoms with Crippen LogP contribution in [0.15, 0.2) is 54.7 Å². The Balaban J connectivity index is 1.39. The Morgan fingerprint density at radius 3 is 2.80 bits per heavy atom. The zero-order valence-corrected chi connectivity index (χ0v) is 17.5. The highest BCUT2D eigenvalue weighted by Crippen LogP contribution is 2.24. The minimum atomic E-state index is 0.0984. The molecule has 1 fully saturated rings. The Morgan fingerprint density at radius 2 is 1.97 bits per heavy atom. The molecular formula is C23H26ClN5O. The number of hydrogen-bond donors (Lipinski definition) is 4. The number of aromatic nitrogens is 2. The van der Waals surface area contributed by atoms with Gasteiger partial charge in [-0.1, -0.05) is 29.8 Å². The molecule has 0 radical (unpaired) electrons. The number of benzene rings is 2. The summed E-state index contributed by atoms with van der Waals surface area (Å²) in [6.07, 6.45) is 4.80. The summed E-state index contributed by atoms with van der Waals surface area (Å²) in [6.45, 7) is 2.80. The van der Waals surface area contributed by atoms with Gasteiger partial charge in [0.2, 0.25) is 5.95 Å². The van der Waals surface area contributed by atoms with E-state index in [4.69, 9.17) is 11.6 Å². The lowest BCUT2D eigenvalue weighted by molar-refractivity contribution is 0.475. The zero-order chi connectivity index (χ0) is 20.8. The van der Waals surface area contributed by atoms with Crippen LogP contribution in [0.1, 0.15) is 18.4 Å². The summed E-state index contributed by atoms with van der Waals surface area (Å²) < 4.78 is 0. The molecule has 6 nitrogen and oxygen atoms in total. The van der Waals surface area contributed by atoms with E-state index < -0.39 is 0 Å². The van der Waals surface area contributed by atoms with E-state index in [-0.39, 0.29) is 5.75 Å². The summed E-state index contributed by atoms with van der Waals surface area (Å²) in [5.74, 6) is 0.690. The highest BCUT2D eigenvalue weighted by atomic mass is 35.5. The molecule has 4 N–H and O–H groups in total.